The average molecular weight is 364 g/mol. The van der Waals surface area contributed by atoms with Gasteiger partial charge in [0, 0.05) is 25.5 Å². The second-order valence-corrected chi connectivity index (χ2v) is 7.36. The molecule has 1 atom stereocenters. The van der Waals surface area contributed by atoms with Crippen LogP contribution >= 0.6 is 11.3 Å². The van der Waals surface area contributed by atoms with E-state index in [9.17, 15) is 9.59 Å². The van der Waals surface area contributed by atoms with Gasteiger partial charge in [-0.15, -0.1) is 11.3 Å². The number of carbonyl (C=O) groups excluding carboxylic acids is 2. The Kier molecular flexibility index (Phi) is 4.76. The molecule has 3 heterocycles. The Hall–Kier alpha value is -2.42. The van der Waals surface area contributed by atoms with Gasteiger partial charge in [0.1, 0.15) is 0 Å². The highest BCUT2D eigenvalue weighted by molar-refractivity contribution is 7.11. The maximum absolute atomic E-state index is 12.7. The number of carbonyl (C=O) groups is 2. The molecule has 9 heteroatoms. The highest BCUT2D eigenvalue weighted by Gasteiger charge is 2.34. The summed E-state index contributed by atoms with van der Waals surface area (Å²) in [6, 6.07) is 1.47. The summed E-state index contributed by atoms with van der Waals surface area (Å²) in [6.45, 7) is 2.75. The number of fused-ring (bicyclic) bond motifs is 1. The largest absolute Gasteiger partial charge is 0.479 e. The fourth-order valence-corrected chi connectivity index (χ4v) is 3.90. The number of rotatable bonds is 3. The standard InChI is InChI=1S/C16H20N4O4S/c1-9-17-14-10(15(21)19(2)3)5-6-20(8-12(14)25-9)16(22)11-7-13(23-4)18-24-11/h7,10H,5-6,8H2,1-4H3. The maximum Gasteiger partial charge on any atom is 0.292 e. The van der Waals surface area contributed by atoms with Crippen molar-refractivity contribution in [3.63, 3.8) is 0 Å². The molecule has 8 nitrogen and oxygen atoms in total. The minimum atomic E-state index is -0.336. The zero-order valence-electron chi connectivity index (χ0n) is 14.6. The van der Waals surface area contributed by atoms with E-state index in [1.165, 1.54) is 24.5 Å². The molecule has 0 spiro atoms. The molecule has 0 aliphatic carbocycles. The Morgan fingerprint density at radius 3 is 2.84 bits per heavy atom. The number of hydrogen-bond acceptors (Lipinski definition) is 7. The van der Waals surface area contributed by atoms with Crippen LogP contribution in [0.15, 0.2) is 10.6 Å². The zero-order valence-corrected chi connectivity index (χ0v) is 15.4. The van der Waals surface area contributed by atoms with Crippen LogP contribution in [0.4, 0.5) is 0 Å². The summed E-state index contributed by atoms with van der Waals surface area (Å²) >= 11 is 1.52. The lowest BCUT2D eigenvalue weighted by Crippen LogP contribution is -2.32. The number of hydrogen-bond donors (Lipinski definition) is 0. The monoisotopic (exact) mass is 364 g/mol. The number of aromatic nitrogens is 2. The summed E-state index contributed by atoms with van der Waals surface area (Å²) in [5, 5.41) is 4.56. The van der Waals surface area contributed by atoms with E-state index in [0.717, 1.165) is 15.6 Å². The molecular formula is C16H20N4O4S. The third-order valence-electron chi connectivity index (χ3n) is 4.12. The van der Waals surface area contributed by atoms with Crippen LogP contribution in [0.5, 0.6) is 5.88 Å². The Labute approximate surface area is 149 Å². The minimum absolute atomic E-state index is 0.00202. The lowest BCUT2D eigenvalue weighted by atomic mass is 10.00. The predicted octanol–water partition coefficient (Wildman–Crippen LogP) is 1.67. The third-order valence-corrected chi connectivity index (χ3v) is 5.09. The molecule has 0 fully saturated rings. The third kappa shape index (κ3) is 3.37. The van der Waals surface area contributed by atoms with Gasteiger partial charge in [-0.05, 0) is 18.5 Å². The van der Waals surface area contributed by atoms with Gasteiger partial charge in [0.05, 0.1) is 36.3 Å². The summed E-state index contributed by atoms with van der Waals surface area (Å²) in [4.78, 5) is 34.0. The maximum atomic E-state index is 12.7. The van der Waals surface area contributed by atoms with Gasteiger partial charge in [-0.3, -0.25) is 9.59 Å². The highest BCUT2D eigenvalue weighted by atomic mass is 32.1. The second-order valence-electron chi connectivity index (χ2n) is 6.08. The van der Waals surface area contributed by atoms with Crippen LogP contribution in [0.3, 0.4) is 0 Å². The number of amides is 2. The van der Waals surface area contributed by atoms with Crippen LogP contribution in [0.25, 0.3) is 0 Å². The van der Waals surface area contributed by atoms with Crippen molar-refractivity contribution in [3.05, 3.63) is 27.4 Å². The molecule has 3 rings (SSSR count). The summed E-state index contributed by atoms with van der Waals surface area (Å²) in [7, 11) is 4.92. The normalized spacial score (nSPS) is 17.0. The van der Waals surface area contributed by atoms with Gasteiger partial charge in [-0.1, -0.05) is 0 Å². The lowest BCUT2D eigenvalue weighted by molar-refractivity contribution is -0.130. The van der Waals surface area contributed by atoms with Gasteiger partial charge >= 0.3 is 0 Å². The number of likely N-dealkylation sites (N-methyl/N-ethyl adjacent to an activating group) is 1. The number of ether oxygens (including phenoxy) is 1. The lowest BCUT2D eigenvalue weighted by Gasteiger charge is -2.20. The van der Waals surface area contributed by atoms with E-state index in [4.69, 9.17) is 9.26 Å². The van der Waals surface area contributed by atoms with E-state index in [1.54, 1.807) is 23.9 Å². The molecule has 25 heavy (non-hydrogen) atoms. The van der Waals surface area contributed by atoms with Crippen molar-refractivity contribution in [3.8, 4) is 5.88 Å². The molecule has 0 aromatic carbocycles. The average Bonchev–Trinajstić information content (AvgIpc) is 3.16. The summed E-state index contributed by atoms with van der Waals surface area (Å²) in [5.74, 6) is -0.227. The van der Waals surface area contributed by atoms with E-state index < -0.39 is 0 Å². The molecule has 0 saturated carbocycles. The number of thiazole rings is 1. The molecular weight excluding hydrogens is 344 g/mol. The van der Waals surface area contributed by atoms with Gasteiger partial charge in [0.2, 0.25) is 11.7 Å². The predicted molar refractivity (Wildman–Crippen MR) is 90.7 cm³/mol. The van der Waals surface area contributed by atoms with Crippen molar-refractivity contribution >= 4 is 23.2 Å². The van der Waals surface area contributed by atoms with E-state index in [2.05, 4.69) is 10.1 Å². The molecule has 0 saturated heterocycles. The van der Waals surface area contributed by atoms with Gasteiger partial charge in [-0.25, -0.2) is 4.98 Å². The second kappa shape index (κ2) is 6.83. The summed E-state index contributed by atoms with van der Waals surface area (Å²) in [6.07, 6.45) is 0.518. The molecule has 2 aromatic rings. The van der Waals surface area contributed by atoms with Gasteiger partial charge in [-0.2, -0.15) is 0 Å². The van der Waals surface area contributed by atoms with E-state index >= 15 is 0 Å². The molecule has 0 bridgehead atoms. The number of nitrogens with zero attached hydrogens (tertiary/aromatic N) is 4. The number of aryl methyl sites for hydroxylation is 1. The molecule has 134 valence electrons. The van der Waals surface area contributed by atoms with Crippen LogP contribution in [0, 0.1) is 6.92 Å². The Bertz CT molecular complexity index is 798. The molecule has 2 aromatic heterocycles. The molecule has 1 unspecified atom stereocenters. The van der Waals surface area contributed by atoms with Crippen LogP contribution in [0.2, 0.25) is 0 Å². The molecule has 0 N–H and O–H groups in total. The number of methoxy groups -OCH3 is 1. The van der Waals surface area contributed by atoms with E-state index in [1.807, 2.05) is 6.92 Å². The topological polar surface area (TPSA) is 88.8 Å². The molecule has 0 radical (unpaired) electrons. The first-order valence-corrected chi connectivity index (χ1v) is 8.69. The fraction of sp³-hybridized carbons (Fsp3) is 0.500. The van der Waals surface area contributed by atoms with Gasteiger partial charge in [0.15, 0.2) is 0 Å². The van der Waals surface area contributed by atoms with Crippen LogP contribution < -0.4 is 4.74 Å². The molecule has 2 amide bonds. The van der Waals surface area contributed by atoms with Crippen LogP contribution in [-0.4, -0.2) is 59.5 Å². The fourth-order valence-electron chi connectivity index (χ4n) is 2.88. The Morgan fingerprint density at radius 1 is 1.44 bits per heavy atom. The first kappa shape index (κ1) is 17.4. The molecule has 1 aliphatic heterocycles. The van der Waals surface area contributed by atoms with Crippen molar-refractivity contribution in [2.24, 2.45) is 0 Å². The van der Waals surface area contributed by atoms with Crippen molar-refractivity contribution < 1.29 is 18.8 Å². The van der Waals surface area contributed by atoms with E-state index in [0.29, 0.717) is 19.5 Å². The highest BCUT2D eigenvalue weighted by Crippen LogP contribution is 2.33. The smallest absolute Gasteiger partial charge is 0.292 e. The van der Waals surface area contributed by atoms with E-state index in [-0.39, 0.29) is 29.4 Å². The van der Waals surface area contributed by atoms with Crippen LogP contribution in [-0.2, 0) is 11.3 Å². The SMILES string of the molecule is COc1cc(C(=O)N2CCC(C(=O)N(C)C)c3nc(C)sc3C2)on1. The quantitative estimate of drug-likeness (QED) is 0.823. The Balaban J connectivity index is 1.89. The summed E-state index contributed by atoms with van der Waals surface area (Å²) < 4.78 is 10.0. The van der Waals surface area contributed by atoms with Gasteiger partial charge in [0.25, 0.3) is 11.8 Å². The van der Waals surface area contributed by atoms with Gasteiger partial charge < -0.3 is 19.1 Å². The van der Waals surface area contributed by atoms with Crippen molar-refractivity contribution in [2.75, 3.05) is 27.7 Å². The zero-order chi connectivity index (χ0) is 18.1. The van der Waals surface area contributed by atoms with Crippen molar-refractivity contribution in [1.82, 2.24) is 19.9 Å². The van der Waals surface area contributed by atoms with Crippen molar-refractivity contribution in [1.29, 1.82) is 0 Å². The summed E-state index contributed by atoms with van der Waals surface area (Å²) in [5.41, 5.74) is 0.784. The minimum Gasteiger partial charge on any atom is -0.479 e. The van der Waals surface area contributed by atoms with Crippen LogP contribution in [0.1, 0.15) is 38.5 Å². The molecule has 1 aliphatic rings. The first-order valence-electron chi connectivity index (χ1n) is 7.88. The Morgan fingerprint density at radius 2 is 2.20 bits per heavy atom. The first-order chi connectivity index (χ1) is 11.9. The van der Waals surface area contributed by atoms with Crippen molar-refractivity contribution in [2.45, 2.75) is 25.8 Å².